The second-order valence-corrected chi connectivity index (χ2v) is 9.33. The van der Waals surface area contributed by atoms with Gasteiger partial charge in [-0.05, 0) is 58.5 Å². The Morgan fingerprint density at radius 2 is 1.94 bits per heavy atom. The van der Waals surface area contributed by atoms with E-state index in [0.29, 0.717) is 16.3 Å². The summed E-state index contributed by atoms with van der Waals surface area (Å²) in [4.78, 5) is 37.6. The van der Waals surface area contributed by atoms with Crippen LogP contribution in [0.4, 0.5) is 5.69 Å². The number of hydrogen-bond donors (Lipinski definition) is 2. The number of thioether (sulfide) groups is 1. The van der Waals surface area contributed by atoms with Gasteiger partial charge in [-0.1, -0.05) is 41.6 Å². The Morgan fingerprint density at radius 3 is 2.56 bits per heavy atom. The van der Waals surface area contributed by atoms with Gasteiger partial charge in [0.25, 0.3) is 0 Å². The van der Waals surface area contributed by atoms with E-state index in [1.807, 2.05) is 12.1 Å². The highest BCUT2D eigenvalue weighted by Crippen LogP contribution is 2.42. The fourth-order valence-electron chi connectivity index (χ4n) is 3.25. The number of rotatable bonds is 6. The molecule has 0 saturated carbocycles. The van der Waals surface area contributed by atoms with Crippen molar-refractivity contribution < 1.29 is 19.1 Å². The van der Waals surface area contributed by atoms with Crippen LogP contribution in [0, 0.1) is 20.8 Å². The number of nitrogens with zero attached hydrogens (tertiary/aromatic N) is 1. The second kappa shape index (κ2) is 10.8. The number of methoxy groups -OCH3 is 1. The fraction of sp³-hybridized carbons (Fsp3) is 0.182. The molecule has 2 N–H and O–H groups in total. The van der Waals surface area contributed by atoms with Crippen molar-refractivity contribution in [3.05, 3.63) is 73.3 Å². The van der Waals surface area contributed by atoms with Gasteiger partial charge < -0.3 is 15.4 Å². The van der Waals surface area contributed by atoms with Gasteiger partial charge >= 0.3 is 5.97 Å². The average molecular weight is 582 g/mol. The number of allylic oxidation sites excluding steroid dienone is 1. The number of esters is 1. The minimum Gasteiger partial charge on any atom is -0.468 e. The van der Waals surface area contributed by atoms with Crippen LogP contribution in [0.3, 0.4) is 0 Å². The van der Waals surface area contributed by atoms with E-state index in [1.54, 1.807) is 36.4 Å². The molecule has 2 aromatic rings. The molecule has 164 valence electrons. The Balaban J connectivity index is 1.89. The summed E-state index contributed by atoms with van der Waals surface area (Å²) in [6, 6.07) is 16.1. The van der Waals surface area contributed by atoms with Crippen molar-refractivity contribution in [1.29, 1.82) is 5.26 Å². The van der Waals surface area contributed by atoms with Crippen LogP contribution in [0.25, 0.3) is 0 Å². The summed E-state index contributed by atoms with van der Waals surface area (Å²) in [5.41, 5.74) is 1.23. The summed E-state index contributed by atoms with van der Waals surface area (Å²) < 4.78 is 5.84. The maximum absolute atomic E-state index is 12.8. The molecule has 0 bridgehead atoms. The zero-order valence-corrected chi connectivity index (χ0v) is 20.5. The molecule has 1 heterocycles. The third-order valence-corrected chi connectivity index (χ3v) is 6.78. The molecule has 10 heteroatoms. The number of nitriles is 1. The largest absolute Gasteiger partial charge is 0.468 e. The molecule has 2 atom stereocenters. The Bertz CT molecular complexity index is 1130. The van der Waals surface area contributed by atoms with Gasteiger partial charge in [0.15, 0.2) is 0 Å². The van der Waals surface area contributed by atoms with Crippen molar-refractivity contribution in [3.8, 4) is 6.07 Å². The first-order valence-corrected chi connectivity index (χ1v) is 11.8. The minimum absolute atomic E-state index is 0.0507. The lowest BCUT2D eigenvalue weighted by Gasteiger charge is -2.31. The molecule has 2 amide bonds. The smallest absolute Gasteiger partial charge is 0.319 e. The van der Waals surface area contributed by atoms with Gasteiger partial charge in [0, 0.05) is 20.2 Å². The molecule has 0 radical (unpaired) electrons. The molecule has 32 heavy (non-hydrogen) atoms. The van der Waals surface area contributed by atoms with Gasteiger partial charge in [-0.15, -0.1) is 0 Å². The molecule has 7 nitrogen and oxygen atoms in total. The van der Waals surface area contributed by atoms with Crippen LogP contribution in [0.1, 0.15) is 11.5 Å². The summed E-state index contributed by atoms with van der Waals surface area (Å²) in [5, 5.41) is 15.8. The standard InChI is InChI=1S/C22H17ClIN3O4S/c1-31-22(30)19-18(14-4-2-3-5-16(14)23)15(10-25)21(27-20(19)29)32-11-17(28)26-13-8-6-12(24)7-9-13/h2-9,18-19H,11H2,1H3,(H,26,28)(H,27,29)/t18-,19-/m0/s1. The van der Waals surface area contributed by atoms with Gasteiger partial charge in [-0.2, -0.15) is 5.26 Å². The van der Waals surface area contributed by atoms with Crippen LogP contribution < -0.4 is 10.6 Å². The molecule has 1 aliphatic rings. The molecular weight excluding hydrogens is 565 g/mol. The topological polar surface area (TPSA) is 108 Å². The summed E-state index contributed by atoms with van der Waals surface area (Å²) >= 11 is 9.50. The third-order valence-electron chi connectivity index (χ3n) is 4.70. The predicted octanol–water partition coefficient (Wildman–Crippen LogP) is 4.05. The quantitative estimate of drug-likeness (QED) is 0.303. The highest BCUT2D eigenvalue weighted by atomic mass is 127. The van der Waals surface area contributed by atoms with E-state index in [2.05, 4.69) is 39.3 Å². The molecule has 1 aliphatic heterocycles. The van der Waals surface area contributed by atoms with Crippen LogP contribution in [0.2, 0.25) is 5.02 Å². The lowest BCUT2D eigenvalue weighted by Crippen LogP contribution is -2.44. The fourth-order valence-corrected chi connectivity index (χ4v) is 4.71. The van der Waals surface area contributed by atoms with Crippen LogP contribution in [-0.2, 0) is 19.1 Å². The summed E-state index contributed by atoms with van der Waals surface area (Å²) in [6.45, 7) is 0. The molecule has 0 aliphatic carbocycles. The van der Waals surface area contributed by atoms with Crippen molar-refractivity contribution in [2.75, 3.05) is 18.2 Å². The first-order valence-electron chi connectivity index (χ1n) is 9.31. The second-order valence-electron chi connectivity index (χ2n) is 6.69. The van der Waals surface area contributed by atoms with Crippen LogP contribution in [0.5, 0.6) is 0 Å². The number of ether oxygens (including phenoxy) is 1. The average Bonchev–Trinajstić information content (AvgIpc) is 2.78. The van der Waals surface area contributed by atoms with Crippen molar-refractivity contribution in [2.45, 2.75) is 5.92 Å². The zero-order chi connectivity index (χ0) is 23.3. The highest BCUT2D eigenvalue weighted by molar-refractivity contribution is 14.1. The van der Waals surface area contributed by atoms with E-state index in [1.165, 1.54) is 7.11 Å². The maximum atomic E-state index is 12.8. The van der Waals surface area contributed by atoms with E-state index in [-0.39, 0.29) is 22.3 Å². The Hall–Kier alpha value is -2.55. The summed E-state index contributed by atoms with van der Waals surface area (Å²) in [7, 11) is 1.17. The van der Waals surface area contributed by atoms with Gasteiger partial charge in [-0.25, -0.2) is 0 Å². The van der Waals surface area contributed by atoms with Crippen LogP contribution in [0.15, 0.2) is 59.1 Å². The van der Waals surface area contributed by atoms with Crippen LogP contribution >= 0.6 is 46.0 Å². The number of anilines is 1. The van der Waals surface area contributed by atoms with E-state index >= 15 is 0 Å². The number of halogens is 2. The predicted molar refractivity (Wildman–Crippen MR) is 131 cm³/mol. The van der Waals surface area contributed by atoms with Gasteiger partial charge in [0.2, 0.25) is 11.8 Å². The summed E-state index contributed by atoms with van der Waals surface area (Å²) in [5.74, 6) is -3.97. The molecule has 0 fully saturated rings. The van der Waals surface area contributed by atoms with E-state index in [4.69, 9.17) is 16.3 Å². The van der Waals surface area contributed by atoms with E-state index in [9.17, 15) is 19.6 Å². The van der Waals surface area contributed by atoms with Gasteiger partial charge in [0.05, 0.1) is 29.5 Å². The van der Waals surface area contributed by atoms with Crippen molar-refractivity contribution >= 4 is 69.4 Å². The molecule has 0 saturated heterocycles. The third kappa shape index (κ3) is 5.43. The molecule has 0 unspecified atom stereocenters. The number of hydrogen-bond acceptors (Lipinski definition) is 6. The van der Waals surface area contributed by atoms with Crippen molar-refractivity contribution in [3.63, 3.8) is 0 Å². The number of carbonyl (C=O) groups excluding carboxylic acids is 3. The number of nitrogens with one attached hydrogen (secondary N) is 2. The molecule has 3 rings (SSSR count). The maximum Gasteiger partial charge on any atom is 0.319 e. The highest BCUT2D eigenvalue weighted by Gasteiger charge is 2.45. The molecule has 2 aromatic carbocycles. The number of carbonyl (C=O) groups is 3. The first-order chi connectivity index (χ1) is 15.3. The Morgan fingerprint density at radius 1 is 1.25 bits per heavy atom. The van der Waals surface area contributed by atoms with Gasteiger partial charge in [-0.3, -0.25) is 14.4 Å². The molecular formula is C22H17ClIN3O4S. The monoisotopic (exact) mass is 581 g/mol. The minimum atomic E-state index is -1.28. The normalized spacial score (nSPS) is 17.9. The lowest BCUT2D eigenvalue weighted by molar-refractivity contribution is -0.150. The van der Waals surface area contributed by atoms with Crippen molar-refractivity contribution in [1.82, 2.24) is 5.32 Å². The Labute approximate surface area is 207 Å². The molecule has 0 spiro atoms. The van der Waals surface area contributed by atoms with E-state index in [0.717, 1.165) is 15.3 Å². The van der Waals surface area contributed by atoms with Gasteiger partial charge in [0.1, 0.15) is 5.92 Å². The summed E-state index contributed by atoms with van der Waals surface area (Å²) in [6.07, 6.45) is 0. The Kier molecular flexibility index (Phi) is 8.17. The zero-order valence-electron chi connectivity index (χ0n) is 16.7. The SMILES string of the molecule is COC(=O)[C@@H]1C(=O)NC(SCC(=O)Nc2ccc(I)cc2)=C(C#N)[C@@H]1c1ccccc1Cl. The van der Waals surface area contributed by atoms with Crippen LogP contribution in [-0.4, -0.2) is 30.6 Å². The van der Waals surface area contributed by atoms with Crippen molar-refractivity contribution in [2.24, 2.45) is 5.92 Å². The molecule has 0 aromatic heterocycles. The van der Waals surface area contributed by atoms with E-state index < -0.39 is 23.7 Å². The lowest BCUT2D eigenvalue weighted by atomic mass is 9.78. The number of benzene rings is 2. The first kappa shape index (κ1) is 24.1. The number of amides is 2.